The number of hydrogen-bond donors (Lipinski definition) is 0. The number of carbonyl (C=O) groups excluding carboxylic acids is 1. The fourth-order valence-electron chi connectivity index (χ4n) is 3.16. The molecule has 1 atom stereocenters. The minimum Gasteiger partial charge on any atom is -0.303 e. The van der Waals surface area contributed by atoms with Gasteiger partial charge in [-0.05, 0) is 37.8 Å². The minimum absolute atomic E-state index is 0.0191. The van der Waals surface area contributed by atoms with E-state index in [1.54, 1.807) is 0 Å². The molecule has 3 rings (SSSR count). The Labute approximate surface area is 103 Å². The molecule has 17 heavy (non-hydrogen) atoms. The Morgan fingerprint density at radius 1 is 1.29 bits per heavy atom. The smallest absolute Gasteiger partial charge is 0.127 e. The largest absolute Gasteiger partial charge is 0.303 e. The van der Waals surface area contributed by atoms with Gasteiger partial charge in [0.2, 0.25) is 0 Å². The van der Waals surface area contributed by atoms with Crippen LogP contribution in [-0.4, -0.2) is 23.8 Å². The van der Waals surface area contributed by atoms with Crippen molar-refractivity contribution in [3.63, 3.8) is 0 Å². The average Bonchev–Trinajstić information content (AvgIpc) is 3.04. The first-order chi connectivity index (χ1) is 8.34. The number of nitrogens with zero attached hydrogens (tertiary/aromatic N) is 1. The highest BCUT2D eigenvalue weighted by atomic mass is 16.1. The van der Waals surface area contributed by atoms with Gasteiger partial charge in [0.05, 0.1) is 0 Å². The Morgan fingerprint density at radius 2 is 2.06 bits per heavy atom. The molecule has 2 aliphatic rings. The van der Waals surface area contributed by atoms with Crippen LogP contribution in [0.25, 0.3) is 0 Å². The van der Waals surface area contributed by atoms with Gasteiger partial charge in [-0.15, -0.1) is 0 Å². The molecule has 1 unspecified atom stereocenters. The summed E-state index contributed by atoms with van der Waals surface area (Å²) in [5.41, 5.74) is 1.38. The van der Waals surface area contributed by atoms with Crippen LogP contribution in [0.15, 0.2) is 30.3 Å². The van der Waals surface area contributed by atoms with Crippen molar-refractivity contribution >= 4 is 6.29 Å². The topological polar surface area (TPSA) is 20.3 Å². The minimum atomic E-state index is 0.0191. The van der Waals surface area contributed by atoms with Crippen molar-refractivity contribution in [2.75, 3.05) is 6.54 Å². The molecule has 1 aromatic rings. The Kier molecular flexibility index (Phi) is 2.75. The van der Waals surface area contributed by atoms with Crippen LogP contribution in [0, 0.1) is 5.41 Å². The van der Waals surface area contributed by atoms with Gasteiger partial charge in [-0.25, -0.2) is 0 Å². The van der Waals surface area contributed by atoms with E-state index in [2.05, 4.69) is 35.2 Å². The highest BCUT2D eigenvalue weighted by Gasteiger charge is 2.52. The molecule has 2 nitrogen and oxygen atoms in total. The Balaban J connectivity index is 1.72. The molecule has 0 amide bonds. The van der Waals surface area contributed by atoms with Gasteiger partial charge in [0.25, 0.3) is 0 Å². The molecule has 0 radical (unpaired) electrons. The summed E-state index contributed by atoms with van der Waals surface area (Å²) in [6.45, 7) is 2.15. The van der Waals surface area contributed by atoms with Gasteiger partial charge in [-0.3, -0.25) is 4.90 Å². The lowest BCUT2D eigenvalue weighted by Gasteiger charge is -2.28. The van der Waals surface area contributed by atoms with Crippen molar-refractivity contribution in [3.05, 3.63) is 35.9 Å². The summed E-state index contributed by atoms with van der Waals surface area (Å²) < 4.78 is 0. The highest BCUT2D eigenvalue weighted by Crippen LogP contribution is 2.51. The molecule has 2 fully saturated rings. The third kappa shape index (κ3) is 2.02. The molecule has 1 aromatic carbocycles. The summed E-state index contributed by atoms with van der Waals surface area (Å²) in [5, 5.41) is 0. The molecule has 1 saturated heterocycles. The molecule has 1 heterocycles. The number of carbonyl (C=O) groups is 1. The third-order valence-electron chi connectivity index (χ3n) is 4.32. The summed E-state index contributed by atoms with van der Waals surface area (Å²) in [4.78, 5) is 13.8. The fourth-order valence-corrected chi connectivity index (χ4v) is 3.16. The van der Waals surface area contributed by atoms with Gasteiger partial charge in [-0.1, -0.05) is 30.3 Å². The van der Waals surface area contributed by atoms with Crippen molar-refractivity contribution in [2.24, 2.45) is 5.41 Å². The Hall–Kier alpha value is -1.15. The lowest BCUT2D eigenvalue weighted by Crippen LogP contribution is -2.37. The van der Waals surface area contributed by atoms with Crippen LogP contribution in [0.2, 0.25) is 0 Å². The van der Waals surface area contributed by atoms with Gasteiger partial charge >= 0.3 is 0 Å². The fraction of sp³-hybridized carbons (Fsp3) is 0.533. The number of rotatable bonds is 4. The van der Waals surface area contributed by atoms with E-state index in [-0.39, 0.29) is 5.41 Å². The molecule has 1 aliphatic heterocycles. The van der Waals surface area contributed by atoms with Crippen LogP contribution in [0.3, 0.4) is 0 Å². The SMILES string of the molecule is O=CC1(C2CCCN2Cc2ccccc2)CC1. The quantitative estimate of drug-likeness (QED) is 0.740. The number of aldehydes is 1. The van der Waals surface area contributed by atoms with Crippen LogP contribution in [0.1, 0.15) is 31.2 Å². The second-order valence-electron chi connectivity index (χ2n) is 5.47. The van der Waals surface area contributed by atoms with E-state index in [1.807, 2.05) is 0 Å². The van der Waals surface area contributed by atoms with Crippen LogP contribution >= 0.6 is 0 Å². The number of hydrogen-bond acceptors (Lipinski definition) is 2. The van der Waals surface area contributed by atoms with E-state index in [4.69, 9.17) is 0 Å². The average molecular weight is 229 g/mol. The first-order valence-corrected chi connectivity index (χ1v) is 6.58. The maximum atomic E-state index is 11.2. The third-order valence-corrected chi connectivity index (χ3v) is 4.32. The number of benzene rings is 1. The standard InChI is InChI=1S/C15H19NO/c17-12-15(8-9-15)14-7-4-10-16(14)11-13-5-2-1-3-6-13/h1-3,5-6,12,14H,4,7-11H2. The predicted molar refractivity (Wildman–Crippen MR) is 67.6 cm³/mol. The van der Waals surface area contributed by atoms with E-state index in [1.165, 1.54) is 24.7 Å². The van der Waals surface area contributed by atoms with Gasteiger partial charge in [-0.2, -0.15) is 0 Å². The van der Waals surface area contributed by atoms with E-state index in [0.29, 0.717) is 6.04 Å². The maximum Gasteiger partial charge on any atom is 0.127 e. The summed E-state index contributed by atoms with van der Waals surface area (Å²) in [6.07, 6.45) is 5.87. The second kappa shape index (κ2) is 4.26. The molecule has 1 saturated carbocycles. The van der Waals surface area contributed by atoms with E-state index >= 15 is 0 Å². The van der Waals surface area contributed by atoms with Crippen LogP contribution in [-0.2, 0) is 11.3 Å². The molecule has 90 valence electrons. The summed E-state index contributed by atoms with van der Waals surface area (Å²) >= 11 is 0. The van der Waals surface area contributed by atoms with E-state index in [0.717, 1.165) is 25.9 Å². The molecule has 0 aromatic heterocycles. The zero-order valence-electron chi connectivity index (χ0n) is 10.1. The van der Waals surface area contributed by atoms with Crippen molar-refractivity contribution in [1.82, 2.24) is 4.90 Å². The molecule has 0 N–H and O–H groups in total. The summed E-state index contributed by atoms with van der Waals surface area (Å²) in [7, 11) is 0. The van der Waals surface area contributed by atoms with Crippen molar-refractivity contribution in [2.45, 2.75) is 38.3 Å². The Bertz CT molecular complexity index is 397. The molecule has 0 bridgehead atoms. The van der Waals surface area contributed by atoms with Crippen molar-refractivity contribution in [3.8, 4) is 0 Å². The molecular formula is C15H19NO. The zero-order valence-corrected chi connectivity index (χ0v) is 10.1. The van der Waals surface area contributed by atoms with Gasteiger partial charge in [0, 0.05) is 18.0 Å². The summed E-state index contributed by atoms with van der Waals surface area (Å²) in [6, 6.07) is 11.1. The Morgan fingerprint density at radius 3 is 2.71 bits per heavy atom. The second-order valence-corrected chi connectivity index (χ2v) is 5.47. The highest BCUT2D eigenvalue weighted by molar-refractivity contribution is 5.65. The monoisotopic (exact) mass is 229 g/mol. The van der Waals surface area contributed by atoms with Crippen molar-refractivity contribution in [1.29, 1.82) is 0 Å². The van der Waals surface area contributed by atoms with Gasteiger partial charge in [0.1, 0.15) is 6.29 Å². The van der Waals surface area contributed by atoms with Gasteiger partial charge < -0.3 is 4.79 Å². The molecule has 2 heteroatoms. The lowest BCUT2D eigenvalue weighted by atomic mass is 9.95. The lowest BCUT2D eigenvalue weighted by molar-refractivity contribution is -0.114. The summed E-state index contributed by atoms with van der Waals surface area (Å²) in [5.74, 6) is 0. The van der Waals surface area contributed by atoms with Gasteiger partial charge in [0.15, 0.2) is 0 Å². The predicted octanol–water partition coefficient (Wildman–Crippen LogP) is 2.63. The van der Waals surface area contributed by atoms with Crippen LogP contribution < -0.4 is 0 Å². The van der Waals surface area contributed by atoms with E-state index < -0.39 is 0 Å². The zero-order chi connectivity index (χ0) is 11.7. The van der Waals surface area contributed by atoms with Crippen LogP contribution in [0.5, 0.6) is 0 Å². The number of likely N-dealkylation sites (tertiary alicyclic amines) is 1. The normalized spacial score (nSPS) is 26.9. The van der Waals surface area contributed by atoms with Crippen LogP contribution in [0.4, 0.5) is 0 Å². The maximum absolute atomic E-state index is 11.2. The van der Waals surface area contributed by atoms with Crippen molar-refractivity contribution < 1.29 is 4.79 Å². The first kappa shape index (κ1) is 11.0. The molecular weight excluding hydrogens is 210 g/mol. The molecule has 0 spiro atoms. The molecule has 1 aliphatic carbocycles. The van der Waals surface area contributed by atoms with E-state index in [9.17, 15) is 4.79 Å². The first-order valence-electron chi connectivity index (χ1n) is 6.58.